The van der Waals surface area contributed by atoms with Gasteiger partial charge in [0.25, 0.3) is 0 Å². The molecule has 1 aromatic rings. The fourth-order valence-corrected chi connectivity index (χ4v) is 2.85. The van der Waals surface area contributed by atoms with Crippen molar-refractivity contribution >= 4 is 31.9 Å². The van der Waals surface area contributed by atoms with Crippen LogP contribution in [0.25, 0.3) is 0 Å². The lowest BCUT2D eigenvalue weighted by Crippen LogP contribution is -2.20. The molecule has 1 N–H and O–H groups in total. The van der Waals surface area contributed by atoms with Crippen LogP contribution in [-0.2, 0) is 0 Å². The highest BCUT2D eigenvalue weighted by Crippen LogP contribution is 2.28. The summed E-state index contributed by atoms with van der Waals surface area (Å²) in [6.07, 6.45) is 0.838. The topological polar surface area (TPSA) is 12.0 Å². The Morgan fingerprint density at radius 1 is 1.38 bits per heavy atom. The van der Waals surface area contributed by atoms with E-state index in [-0.39, 0.29) is 0 Å². The van der Waals surface area contributed by atoms with Crippen LogP contribution >= 0.6 is 31.9 Å². The van der Waals surface area contributed by atoms with E-state index in [4.69, 9.17) is 0 Å². The van der Waals surface area contributed by atoms with E-state index in [1.54, 1.807) is 0 Å². The van der Waals surface area contributed by atoms with Crippen LogP contribution in [0.15, 0.2) is 27.1 Å². The van der Waals surface area contributed by atoms with Gasteiger partial charge in [-0.1, -0.05) is 44.8 Å². The summed E-state index contributed by atoms with van der Waals surface area (Å²) in [7, 11) is 0. The Labute approximate surface area is 114 Å². The van der Waals surface area contributed by atoms with Crippen molar-refractivity contribution in [3.8, 4) is 11.8 Å². The van der Waals surface area contributed by atoms with Gasteiger partial charge in [-0.05, 0) is 31.2 Å². The molecule has 3 heteroatoms. The highest BCUT2D eigenvalue weighted by Gasteiger charge is 2.12. The van der Waals surface area contributed by atoms with Gasteiger partial charge in [-0.15, -0.1) is 11.8 Å². The second-order valence-electron chi connectivity index (χ2n) is 3.41. The maximum absolute atomic E-state index is 3.59. The molecular formula is C13H15Br2N. The minimum absolute atomic E-state index is 0.292. The van der Waals surface area contributed by atoms with Crippen molar-refractivity contribution in [2.75, 3.05) is 6.54 Å². The highest BCUT2D eigenvalue weighted by atomic mass is 79.9. The monoisotopic (exact) mass is 343 g/mol. The number of benzene rings is 1. The third-order valence-corrected chi connectivity index (χ3v) is 3.45. The Kier molecular flexibility index (Phi) is 6.12. The SMILES string of the molecule is CC#CCC(NCC)c1ccc(Br)cc1Br. The van der Waals surface area contributed by atoms with E-state index in [1.807, 2.05) is 6.92 Å². The van der Waals surface area contributed by atoms with Gasteiger partial charge in [0.2, 0.25) is 0 Å². The maximum Gasteiger partial charge on any atom is 0.0442 e. The summed E-state index contributed by atoms with van der Waals surface area (Å²) in [5.41, 5.74) is 1.26. The minimum Gasteiger partial charge on any atom is -0.309 e. The fourth-order valence-electron chi connectivity index (χ4n) is 1.53. The third-order valence-electron chi connectivity index (χ3n) is 2.27. The third kappa shape index (κ3) is 3.93. The predicted molar refractivity (Wildman–Crippen MR) is 76.3 cm³/mol. The largest absolute Gasteiger partial charge is 0.309 e. The van der Waals surface area contributed by atoms with Crippen molar-refractivity contribution in [2.24, 2.45) is 0 Å². The predicted octanol–water partition coefficient (Wildman–Crippen LogP) is 4.28. The lowest BCUT2D eigenvalue weighted by atomic mass is 10.0. The van der Waals surface area contributed by atoms with Crippen LogP contribution in [0, 0.1) is 11.8 Å². The lowest BCUT2D eigenvalue weighted by Gasteiger charge is -2.17. The molecule has 0 aromatic heterocycles. The zero-order valence-electron chi connectivity index (χ0n) is 9.48. The number of halogens is 2. The van der Waals surface area contributed by atoms with E-state index in [0.717, 1.165) is 21.9 Å². The van der Waals surface area contributed by atoms with E-state index in [9.17, 15) is 0 Å². The second-order valence-corrected chi connectivity index (χ2v) is 5.18. The summed E-state index contributed by atoms with van der Waals surface area (Å²) in [6, 6.07) is 6.54. The average molecular weight is 345 g/mol. The van der Waals surface area contributed by atoms with Crippen molar-refractivity contribution in [1.29, 1.82) is 0 Å². The molecule has 0 bridgehead atoms. The van der Waals surface area contributed by atoms with E-state index in [1.165, 1.54) is 5.56 Å². The number of nitrogens with one attached hydrogen (secondary N) is 1. The molecule has 1 aromatic carbocycles. The number of hydrogen-bond acceptors (Lipinski definition) is 1. The maximum atomic E-state index is 3.59. The summed E-state index contributed by atoms with van der Waals surface area (Å²) in [5, 5.41) is 3.45. The molecule has 1 nitrogen and oxygen atoms in total. The molecule has 0 saturated carbocycles. The van der Waals surface area contributed by atoms with Gasteiger partial charge in [-0.3, -0.25) is 0 Å². The Morgan fingerprint density at radius 3 is 2.69 bits per heavy atom. The van der Waals surface area contributed by atoms with Gasteiger partial charge in [0, 0.05) is 21.4 Å². The Balaban J connectivity index is 2.94. The molecule has 0 heterocycles. The van der Waals surface area contributed by atoms with Crippen LogP contribution in [-0.4, -0.2) is 6.54 Å². The first-order chi connectivity index (χ1) is 7.69. The van der Waals surface area contributed by atoms with Crippen LogP contribution < -0.4 is 5.32 Å². The van der Waals surface area contributed by atoms with E-state index >= 15 is 0 Å². The molecule has 0 amide bonds. The van der Waals surface area contributed by atoms with Gasteiger partial charge in [-0.25, -0.2) is 0 Å². The summed E-state index contributed by atoms with van der Waals surface area (Å²) in [6.45, 7) is 4.93. The Bertz CT molecular complexity index is 404. The van der Waals surface area contributed by atoms with Crippen molar-refractivity contribution in [3.05, 3.63) is 32.7 Å². The zero-order valence-corrected chi connectivity index (χ0v) is 12.7. The molecule has 0 saturated heterocycles. The summed E-state index contributed by atoms with van der Waals surface area (Å²) < 4.78 is 2.20. The summed E-state index contributed by atoms with van der Waals surface area (Å²) in [5.74, 6) is 6.07. The van der Waals surface area contributed by atoms with Crippen LogP contribution in [0.1, 0.15) is 31.9 Å². The highest BCUT2D eigenvalue weighted by molar-refractivity contribution is 9.11. The van der Waals surface area contributed by atoms with Crippen LogP contribution in [0.2, 0.25) is 0 Å². The van der Waals surface area contributed by atoms with Gasteiger partial charge >= 0.3 is 0 Å². The second kappa shape index (κ2) is 7.11. The first-order valence-electron chi connectivity index (χ1n) is 5.27. The van der Waals surface area contributed by atoms with E-state index in [0.29, 0.717) is 6.04 Å². The molecule has 0 radical (unpaired) electrons. The molecule has 16 heavy (non-hydrogen) atoms. The molecule has 86 valence electrons. The fraction of sp³-hybridized carbons (Fsp3) is 0.385. The molecule has 1 rings (SSSR count). The number of rotatable bonds is 4. The minimum atomic E-state index is 0.292. The zero-order chi connectivity index (χ0) is 12.0. The standard InChI is InChI=1S/C13H15Br2N/c1-3-5-6-13(16-4-2)11-8-7-10(14)9-12(11)15/h7-9,13,16H,4,6H2,1-2H3. The Hall–Kier alpha value is -0.300. The molecule has 0 spiro atoms. The molecule has 1 atom stereocenters. The molecule has 0 aliphatic heterocycles. The van der Waals surface area contributed by atoms with Crippen LogP contribution in [0.3, 0.4) is 0 Å². The van der Waals surface area contributed by atoms with Crippen LogP contribution in [0.4, 0.5) is 0 Å². The van der Waals surface area contributed by atoms with Crippen molar-refractivity contribution in [1.82, 2.24) is 5.32 Å². The smallest absolute Gasteiger partial charge is 0.0442 e. The lowest BCUT2D eigenvalue weighted by molar-refractivity contribution is 0.563. The van der Waals surface area contributed by atoms with Crippen molar-refractivity contribution < 1.29 is 0 Å². The summed E-state index contributed by atoms with van der Waals surface area (Å²) in [4.78, 5) is 0. The molecule has 0 aliphatic carbocycles. The Morgan fingerprint density at radius 2 is 2.12 bits per heavy atom. The van der Waals surface area contributed by atoms with Crippen molar-refractivity contribution in [3.63, 3.8) is 0 Å². The first kappa shape index (κ1) is 13.8. The first-order valence-corrected chi connectivity index (χ1v) is 6.85. The van der Waals surface area contributed by atoms with Gasteiger partial charge < -0.3 is 5.32 Å². The quantitative estimate of drug-likeness (QED) is 0.804. The van der Waals surface area contributed by atoms with Gasteiger partial charge in [0.15, 0.2) is 0 Å². The van der Waals surface area contributed by atoms with Crippen molar-refractivity contribution in [2.45, 2.75) is 26.3 Å². The number of hydrogen-bond donors (Lipinski definition) is 1. The molecule has 1 unspecified atom stereocenters. The van der Waals surface area contributed by atoms with Gasteiger partial charge in [-0.2, -0.15) is 0 Å². The normalized spacial score (nSPS) is 11.8. The molecule has 0 aliphatic rings. The van der Waals surface area contributed by atoms with E-state index in [2.05, 4.69) is 74.1 Å². The van der Waals surface area contributed by atoms with Gasteiger partial charge in [0.1, 0.15) is 0 Å². The van der Waals surface area contributed by atoms with Crippen LogP contribution in [0.5, 0.6) is 0 Å². The molecular weight excluding hydrogens is 330 g/mol. The van der Waals surface area contributed by atoms with Gasteiger partial charge in [0.05, 0.1) is 0 Å². The average Bonchev–Trinajstić information content (AvgIpc) is 2.25. The molecule has 0 fully saturated rings. The summed E-state index contributed by atoms with van der Waals surface area (Å²) >= 11 is 7.05. The van der Waals surface area contributed by atoms with E-state index < -0.39 is 0 Å².